The first-order valence-corrected chi connectivity index (χ1v) is 6.22. The molecule has 0 spiro atoms. The van der Waals surface area contributed by atoms with Gasteiger partial charge in [0.05, 0.1) is 5.38 Å². The molecule has 2 rings (SSSR count). The highest BCUT2D eigenvalue weighted by Gasteiger charge is 2.06. The highest BCUT2D eigenvalue weighted by atomic mass is 35.5. The molecule has 0 amide bonds. The SMILES string of the molecule is CC(Cl)c1ccccc1NCc1ccccc1. The number of alkyl halides is 1. The Balaban J connectivity index is 2.09. The van der Waals surface area contributed by atoms with Crippen LogP contribution in [0.25, 0.3) is 0 Å². The van der Waals surface area contributed by atoms with Gasteiger partial charge < -0.3 is 5.32 Å². The van der Waals surface area contributed by atoms with Crippen LogP contribution < -0.4 is 5.32 Å². The minimum Gasteiger partial charge on any atom is -0.381 e. The van der Waals surface area contributed by atoms with Gasteiger partial charge in [-0.1, -0.05) is 48.5 Å². The number of hydrogen-bond donors (Lipinski definition) is 1. The molecule has 0 aromatic heterocycles. The van der Waals surface area contributed by atoms with Crippen molar-refractivity contribution in [3.8, 4) is 0 Å². The number of benzene rings is 2. The van der Waals surface area contributed by atoms with E-state index in [0.717, 1.165) is 17.8 Å². The fourth-order valence-corrected chi connectivity index (χ4v) is 1.99. The molecule has 0 saturated heterocycles. The minimum atomic E-state index is 0.0227. The minimum absolute atomic E-state index is 0.0227. The van der Waals surface area contributed by atoms with Crippen molar-refractivity contribution in [2.24, 2.45) is 0 Å². The van der Waals surface area contributed by atoms with Gasteiger partial charge in [0, 0.05) is 12.2 Å². The number of para-hydroxylation sites is 1. The van der Waals surface area contributed by atoms with Crippen molar-refractivity contribution in [1.29, 1.82) is 0 Å². The molecule has 0 fully saturated rings. The smallest absolute Gasteiger partial charge is 0.0577 e. The summed E-state index contributed by atoms with van der Waals surface area (Å²) in [5, 5.41) is 3.45. The van der Waals surface area contributed by atoms with Crippen LogP contribution in [0.5, 0.6) is 0 Å². The predicted octanol–water partition coefficient (Wildman–Crippen LogP) is 4.60. The molecular formula is C15H16ClN. The van der Waals surface area contributed by atoms with Crippen LogP contribution in [0.15, 0.2) is 54.6 Å². The normalized spacial score (nSPS) is 12.1. The summed E-state index contributed by atoms with van der Waals surface area (Å²) in [5.41, 5.74) is 3.52. The molecule has 1 unspecified atom stereocenters. The van der Waals surface area contributed by atoms with Crippen LogP contribution in [-0.4, -0.2) is 0 Å². The number of rotatable bonds is 4. The second-order valence-electron chi connectivity index (χ2n) is 4.04. The molecule has 0 saturated carbocycles. The molecule has 0 aliphatic heterocycles. The summed E-state index contributed by atoms with van der Waals surface area (Å²) in [6.07, 6.45) is 0. The Kier molecular flexibility index (Phi) is 4.05. The van der Waals surface area contributed by atoms with E-state index in [2.05, 4.69) is 29.6 Å². The van der Waals surface area contributed by atoms with E-state index in [1.54, 1.807) is 0 Å². The van der Waals surface area contributed by atoms with E-state index < -0.39 is 0 Å². The molecule has 1 N–H and O–H groups in total. The first-order chi connectivity index (χ1) is 8.27. The van der Waals surface area contributed by atoms with Gasteiger partial charge in [-0.2, -0.15) is 0 Å². The van der Waals surface area contributed by atoms with Crippen LogP contribution in [-0.2, 0) is 6.54 Å². The topological polar surface area (TPSA) is 12.0 Å². The summed E-state index contributed by atoms with van der Waals surface area (Å²) in [4.78, 5) is 0. The van der Waals surface area contributed by atoms with Gasteiger partial charge in [0.2, 0.25) is 0 Å². The van der Waals surface area contributed by atoms with Gasteiger partial charge >= 0.3 is 0 Å². The zero-order valence-electron chi connectivity index (χ0n) is 9.86. The number of anilines is 1. The van der Waals surface area contributed by atoms with Crippen LogP contribution in [0.3, 0.4) is 0 Å². The summed E-state index contributed by atoms with van der Waals surface area (Å²) < 4.78 is 0. The van der Waals surface area contributed by atoms with Crippen molar-refractivity contribution in [2.45, 2.75) is 18.8 Å². The van der Waals surface area contributed by atoms with Gasteiger partial charge in [0.1, 0.15) is 0 Å². The average molecular weight is 246 g/mol. The van der Waals surface area contributed by atoms with Gasteiger partial charge in [-0.05, 0) is 24.1 Å². The number of nitrogens with one attached hydrogen (secondary N) is 1. The molecule has 2 aromatic carbocycles. The summed E-state index contributed by atoms with van der Waals surface area (Å²) >= 11 is 6.15. The van der Waals surface area contributed by atoms with Crippen molar-refractivity contribution < 1.29 is 0 Å². The number of hydrogen-bond acceptors (Lipinski definition) is 1. The van der Waals surface area contributed by atoms with Gasteiger partial charge in [-0.15, -0.1) is 11.6 Å². The highest BCUT2D eigenvalue weighted by Crippen LogP contribution is 2.27. The van der Waals surface area contributed by atoms with E-state index in [9.17, 15) is 0 Å². The molecule has 1 atom stereocenters. The van der Waals surface area contributed by atoms with E-state index in [0.29, 0.717) is 0 Å². The maximum Gasteiger partial charge on any atom is 0.0577 e. The predicted molar refractivity (Wildman–Crippen MR) is 74.5 cm³/mol. The molecule has 17 heavy (non-hydrogen) atoms. The van der Waals surface area contributed by atoms with Crippen LogP contribution in [0.2, 0.25) is 0 Å². The van der Waals surface area contributed by atoms with Gasteiger partial charge in [-0.3, -0.25) is 0 Å². The number of halogens is 1. The second-order valence-corrected chi connectivity index (χ2v) is 4.70. The lowest BCUT2D eigenvalue weighted by Crippen LogP contribution is -2.02. The maximum absolute atomic E-state index is 6.15. The zero-order valence-corrected chi connectivity index (χ0v) is 10.6. The molecule has 0 radical (unpaired) electrons. The van der Waals surface area contributed by atoms with Crippen LogP contribution in [0.1, 0.15) is 23.4 Å². The van der Waals surface area contributed by atoms with Crippen molar-refractivity contribution >= 4 is 17.3 Å². The van der Waals surface area contributed by atoms with E-state index in [-0.39, 0.29) is 5.38 Å². The first kappa shape index (κ1) is 12.0. The van der Waals surface area contributed by atoms with E-state index >= 15 is 0 Å². The zero-order chi connectivity index (χ0) is 12.1. The Hall–Kier alpha value is -1.47. The van der Waals surface area contributed by atoms with Gasteiger partial charge in [0.15, 0.2) is 0 Å². The van der Waals surface area contributed by atoms with Gasteiger partial charge in [-0.25, -0.2) is 0 Å². The molecule has 2 heteroatoms. The Morgan fingerprint density at radius 3 is 2.35 bits per heavy atom. The van der Waals surface area contributed by atoms with Crippen molar-refractivity contribution in [2.75, 3.05) is 5.32 Å². The third-order valence-electron chi connectivity index (χ3n) is 2.72. The summed E-state index contributed by atoms with van der Waals surface area (Å²) in [6.45, 7) is 2.81. The molecule has 0 heterocycles. The van der Waals surface area contributed by atoms with Crippen molar-refractivity contribution in [3.63, 3.8) is 0 Å². The Bertz CT molecular complexity index is 465. The van der Waals surface area contributed by atoms with E-state index in [1.165, 1.54) is 5.56 Å². The molecule has 88 valence electrons. The summed E-state index contributed by atoms with van der Waals surface area (Å²) in [6, 6.07) is 18.5. The van der Waals surface area contributed by atoms with Crippen molar-refractivity contribution in [3.05, 3.63) is 65.7 Å². The molecule has 0 aliphatic rings. The fraction of sp³-hybridized carbons (Fsp3) is 0.200. The lowest BCUT2D eigenvalue weighted by molar-refractivity contribution is 1.06. The Morgan fingerprint density at radius 1 is 1.00 bits per heavy atom. The molecule has 2 aromatic rings. The van der Waals surface area contributed by atoms with E-state index in [4.69, 9.17) is 11.6 Å². The largest absolute Gasteiger partial charge is 0.381 e. The van der Waals surface area contributed by atoms with Crippen LogP contribution >= 0.6 is 11.6 Å². The standard InChI is InChI=1S/C15H16ClN/c1-12(16)14-9-5-6-10-15(14)17-11-13-7-3-2-4-8-13/h2-10,12,17H,11H2,1H3. The Morgan fingerprint density at radius 2 is 1.65 bits per heavy atom. The monoisotopic (exact) mass is 245 g/mol. The highest BCUT2D eigenvalue weighted by molar-refractivity contribution is 6.21. The molecular weight excluding hydrogens is 230 g/mol. The third kappa shape index (κ3) is 3.24. The fourth-order valence-electron chi connectivity index (χ4n) is 1.80. The van der Waals surface area contributed by atoms with Gasteiger partial charge in [0.25, 0.3) is 0 Å². The van der Waals surface area contributed by atoms with E-state index in [1.807, 2.05) is 37.3 Å². The maximum atomic E-state index is 6.15. The molecule has 0 bridgehead atoms. The summed E-state index contributed by atoms with van der Waals surface area (Å²) in [5.74, 6) is 0. The quantitative estimate of drug-likeness (QED) is 0.777. The third-order valence-corrected chi connectivity index (χ3v) is 2.95. The lowest BCUT2D eigenvalue weighted by Gasteiger charge is -2.13. The summed E-state index contributed by atoms with van der Waals surface area (Å²) in [7, 11) is 0. The average Bonchev–Trinajstić information content (AvgIpc) is 2.38. The van der Waals surface area contributed by atoms with Crippen LogP contribution in [0.4, 0.5) is 5.69 Å². The Labute approximate surface area is 107 Å². The lowest BCUT2D eigenvalue weighted by atomic mass is 10.1. The van der Waals surface area contributed by atoms with Crippen LogP contribution in [0, 0.1) is 0 Å². The second kappa shape index (κ2) is 5.74. The molecule has 1 nitrogen and oxygen atoms in total. The first-order valence-electron chi connectivity index (χ1n) is 5.78. The molecule has 0 aliphatic carbocycles. The van der Waals surface area contributed by atoms with Crippen molar-refractivity contribution in [1.82, 2.24) is 0 Å².